The van der Waals surface area contributed by atoms with Gasteiger partial charge < -0.3 is 33.9 Å². The normalized spacial score (nSPS) is 14.3. The van der Waals surface area contributed by atoms with Crippen molar-refractivity contribution in [1.29, 1.82) is 0 Å². The number of esters is 1. The van der Waals surface area contributed by atoms with Gasteiger partial charge in [-0.3, -0.25) is 9.59 Å². The molecule has 1 aromatic heterocycles. The highest BCUT2D eigenvalue weighted by Gasteiger charge is 2.36. The molecule has 212 valence electrons. The number of rotatable bonds is 7. The maximum absolute atomic E-state index is 13.3. The van der Waals surface area contributed by atoms with Gasteiger partial charge in [-0.1, -0.05) is 42.5 Å². The summed E-state index contributed by atoms with van der Waals surface area (Å²) in [5, 5.41) is 30.5. The van der Waals surface area contributed by atoms with E-state index in [1.807, 2.05) is 36.4 Å². The third-order valence-electron chi connectivity index (χ3n) is 7.27. The van der Waals surface area contributed by atoms with Crippen LogP contribution in [-0.2, 0) is 11.2 Å². The van der Waals surface area contributed by atoms with Crippen LogP contribution in [0.3, 0.4) is 0 Å². The number of aromatic hydroxyl groups is 3. The molecular weight excluding hydrogens is 540 g/mol. The van der Waals surface area contributed by atoms with Gasteiger partial charge in [0.05, 0.1) is 20.1 Å². The van der Waals surface area contributed by atoms with Crippen LogP contribution >= 0.6 is 0 Å². The Hall–Kier alpha value is -5.44. The number of benzene rings is 4. The van der Waals surface area contributed by atoms with Crippen molar-refractivity contribution in [3.05, 3.63) is 106 Å². The predicted octanol–water partition coefficient (Wildman–Crippen LogP) is 5.65. The first-order valence-electron chi connectivity index (χ1n) is 13.2. The van der Waals surface area contributed by atoms with Crippen molar-refractivity contribution in [2.24, 2.45) is 0 Å². The number of carbonyl (C=O) groups is 1. The van der Waals surface area contributed by atoms with Gasteiger partial charge >= 0.3 is 5.97 Å². The molecule has 2 heterocycles. The Kier molecular flexibility index (Phi) is 6.92. The first-order chi connectivity index (χ1) is 20.3. The van der Waals surface area contributed by atoms with Crippen LogP contribution in [0.4, 0.5) is 0 Å². The highest BCUT2D eigenvalue weighted by atomic mass is 16.5. The van der Waals surface area contributed by atoms with Crippen LogP contribution < -0.4 is 19.6 Å². The summed E-state index contributed by atoms with van der Waals surface area (Å²) in [6.45, 7) is 0.335. The maximum Gasteiger partial charge on any atom is 0.312 e. The fraction of sp³-hybridized carbons (Fsp3) is 0.152. The van der Waals surface area contributed by atoms with Crippen molar-refractivity contribution in [3.8, 4) is 45.8 Å². The summed E-state index contributed by atoms with van der Waals surface area (Å²) >= 11 is 0. The molecule has 4 aromatic carbocycles. The number of methoxy groups -OCH3 is 1. The Balaban J connectivity index is 1.51. The van der Waals surface area contributed by atoms with Gasteiger partial charge in [-0.05, 0) is 29.8 Å². The summed E-state index contributed by atoms with van der Waals surface area (Å²) in [6.07, 6.45) is 0.541. The number of ether oxygens (including phenoxy) is 3. The molecule has 0 unspecified atom stereocenters. The number of para-hydroxylation sites is 1. The Morgan fingerprint density at radius 1 is 0.881 bits per heavy atom. The van der Waals surface area contributed by atoms with Crippen molar-refractivity contribution < 1.29 is 38.7 Å². The van der Waals surface area contributed by atoms with Crippen LogP contribution in [0, 0.1) is 0 Å². The number of carbonyl (C=O) groups excluding carboxylic acids is 1. The second-order valence-electron chi connectivity index (χ2n) is 9.88. The van der Waals surface area contributed by atoms with Crippen LogP contribution in [0.15, 0.2) is 88.1 Å². The maximum atomic E-state index is 13.3. The molecule has 5 aromatic rings. The molecule has 0 amide bonds. The smallest absolute Gasteiger partial charge is 0.312 e. The van der Waals surface area contributed by atoms with Crippen molar-refractivity contribution in [2.75, 3.05) is 13.7 Å². The molecule has 0 spiro atoms. The summed E-state index contributed by atoms with van der Waals surface area (Å²) < 4.78 is 23.6. The minimum absolute atomic E-state index is 0.0237. The second kappa shape index (κ2) is 10.9. The molecular formula is C33H26O9. The molecule has 0 bridgehead atoms. The monoisotopic (exact) mass is 566 g/mol. The average Bonchev–Trinajstić information content (AvgIpc) is 2.98. The fourth-order valence-corrected chi connectivity index (χ4v) is 5.28. The van der Waals surface area contributed by atoms with Gasteiger partial charge in [-0.2, -0.15) is 0 Å². The lowest BCUT2D eigenvalue weighted by molar-refractivity contribution is -0.135. The van der Waals surface area contributed by atoms with Gasteiger partial charge in [0.2, 0.25) is 0 Å². The van der Waals surface area contributed by atoms with Crippen LogP contribution in [0.1, 0.15) is 29.0 Å². The van der Waals surface area contributed by atoms with E-state index in [4.69, 9.17) is 18.6 Å². The standard InChI is InChI=1S/C33H26O9/c1-39-26-9-5-8-20(32(26)40-13-12-18-6-3-2-4-7-18)21-15-29(38)41-28-17-25(37)31-24(36)16-27(42-33(31)30(21)28)19-10-11-22(34)23(35)14-19/h2-11,14,16-17,21,34-35,37H,12-13,15H2,1H3/t21-/m0/s1. The van der Waals surface area contributed by atoms with Gasteiger partial charge in [0.1, 0.15) is 28.2 Å². The van der Waals surface area contributed by atoms with E-state index in [0.29, 0.717) is 41.2 Å². The lowest BCUT2D eigenvalue weighted by Crippen LogP contribution is -2.22. The molecule has 0 saturated heterocycles. The predicted molar refractivity (Wildman–Crippen MR) is 154 cm³/mol. The lowest BCUT2D eigenvalue weighted by atomic mass is 9.84. The number of phenolic OH excluding ortho intramolecular Hbond substituents is 3. The van der Waals surface area contributed by atoms with Gasteiger partial charge in [0, 0.05) is 41.2 Å². The van der Waals surface area contributed by atoms with E-state index in [9.17, 15) is 24.9 Å². The van der Waals surface area contributed by atoms with Gasteiger partial charge in [-0.25, -0.2) is 0 Å². The van der Waals surface area contributed by atoms with Gasteiger partial charge in [0.15, 0.2) is 28.4 Å². The largest absolute Gasteiger partial charge is 0.507 e. The van der Waals surface area contributed by atoms with Gasteiger partial charge in [0.25, 0.3) is 0 Å². The molecule has 3 N–H and O–H groups in total. The van der Waals surface area contributed by atoms with Crippen molar-refractivity contribution >= 4 is 16.9 Å². The Bertz CT molecular complexity index is 1880. The Labute approximate surface area is 239 Å². The quantitative estimate of drug-likeness (QED) is 0.130. The highest BCUT2D eigenvalue weighted by molar-refractivity contribution is 5.93. The van der Waals surface area contributed by atoms with E-state index < -0.39 is 28.8 Å². The van der Waals surface area contributed by atoms with E-state index in [2.05, 4.69) is 0 Å². The second-order valence-corrected chi connectivity index (χ2v) is 9.88. The Morgan fingerprint density at radius 3 is 2.45 bits per heavy atom. The van der Waals surface area contributed by atoms with E-state index >= 15 is 0 Å². The number of hydrogen-bond donors (Lipinski definition) is 3. The number of phenols is 3. The van der Waals surface area contributed by atoms with Crippen molar-refractivity contribution in [1.82, 2.24) is 0 Å². The Morgan fingerprint density at radius 2 is 1.69 bits per heavy atom. The van der Waals surface area contributed by atoms with E-state index in [1.54, 1.807) is 12.1 Å². The molecule has 1 aliphatic heterocycles. The van der Waals surface area contributed by atoms with Crippen LogP contribution in [0.5, 0.6) is 34.5 Å². The summed E-state index contributed by atoms with van der Waals surface area (Å²) in [4.78, 5) is 26.1. The zero-order valence-electron chi connectivity index (χ0n) is 22.5. The number of hydrogen-bond acceptors (Lipinski definition) is 9. The average molecular weight is 567 g/mol. The molecule has 1 atom stereocenters. The molecule has 1 aliphatic rings. The molecule has 9 nitrogen and oxygen atoms in total. The third-order valence-corrected chi connectivity index (χ3v) is 7.27. The first-order valence-corrected chi connectivity index (χ1v) is 13.2. The fourth-order valence-electron chi connectivity index (χ4n) is 5.28. The van der Waals surface area contributed by atoms with Crippen LogP contribution in [0.25, 0.3) is 22.3 Å². The van der Waals surface area contributed by atoms with E-state index in [0.717, 1.165) is 5.56 Å². The topological polar surface area (TPSA) is 136 Å². The van der Waals surface area contributed by atoms with Crippen LogP contribution in [0.2, 0.25) is 0 Å². The molecule has 0 radical (unpaired) electrons. The zero-order valence-corrected chi connectivity index (χ0v) is 22.5. The van der Waals surface area contributed by atoms with Crippen molar-refractivity contribution in [2.45, 2.75) is 18.8 Å². The van der Waals surface area contributed by atoms with E-state index in [-0.39, 0.29) is 34.6 Å². The lowest BCUT2D eigenvalue weighted by Gasteiger charge is -2.28. The molecule has 6 rings (SSSR count). The van der Waals surface area contributed by atoms with Gasteiger partial charge in [-0.15, -0.1) is 0 Å². The number of fused-ring (bicyclic) bond motifs is 3. The molecule has 0 aliphatic carbocycles. The van der Waals surface area contributed by atoms with Crippen LogP contribution in [-0.4, -0.2) is 35.0 Å². The molecule has 42 heavy (non-hydrogen) atoms. The highest BCUT2D eigenvalue weighted by Crippen LogP contribution is 2.49. The molecule has 9 heteroatoms. The zero-order chi connectivity index (χ0) is 29.4. The summed E-state index contributed by atoms with van der Waals surface area (Å²) in [7, 11) is 1.53. The SMILES string of the molecule is COc1cccc([C@@H]2CC(=O)Oc3cc(O)c4c(=O)cc(-c5ccc(O)c(O)c5)oc4c32)c1OCCc1ccccc1. The van der Waals surface area contributed by atoms with E-state index in [1.165, 1.54) is 37.4 Å². The summed E-state index contributed by atoms with van der Waals surface area (Å²) in [5.41, 5.74) is 1.89. The summed E-state index contributed by atoms with van der Waals surface area (Å²) in [6, 6.07) is 21.6. The summed E-state index contributed by atoms with van der Waals surface area (Å²) in [5.74, 6) is -1.32. The van der Waals surface area contributed by atoms with Crippen molar-refractivity contribution in [3.63, 3.8) is 0 Å². The molecule has 0 fully saturated rings. The third kappa shape index (κ3) is 4.85. The minimum atomic E-state index is -0.683. The minimum Gasteiger partial charge on any atom is -0.507 e. The first kappa shape index (κ1) is 26.8. The molecule has 0 saturated carbocycles.